The van der Waals surface area contributed by atoms with Gasteiger partial charge in [-0.15, -0.1) is 6.07 Å². The maximum absolute atomic E-state index is 13.6. The van der Waals surface area contributed by atoms with E-state index < -0.39 is 0 Å². The molecule has 1 aliphatic rings. The van der Waals surface area contributed by atoms with Gasteiger partial charge in [0.1, 0.15) is 11.9 Å². The van der Waals surface area contributed by atoms with Gasteiger partial charge in [0.25, 0.3) is 0 Å². The van der Waals surface area contributed by atoms with Crippen LogP contribution in [0.3, 0.4) is 0 Å². The summed E-state index contributed by atoms with van der Waals surface area (Å²) < 4.78 is 19.3. The number of benzene rings is 1. The SMILES string of the molecule is [C-]#Cc1ccc(N2CCC(Oc3ccccc3F)CC2)nn1.[K+]. The molecule has 0 aliphatic carbocycles. The molecule has 2 aromatic rings. The smallest absolute Gasteiger partial charge is 0.487 e. The molecule has 1 aromatic carbocycles. The van der Waals surface area contributed by atoms with Crippen molar-refractivity contribution in [1.29, 1.82) is 0 Å². The average Bonchev–Trinajstić information content (AvgIpc) is 2.58. The molecule has 0 unspecified atom stereocenters. The number of aromatic nitrogens is 2. The summed E-state index contributed by atoms with van der Waals surface area (Å²) in [5.74, 6) is 2.97. The van der Waals surface area contributed by atoms with E-state index in [9.17, 15) is 4.39 Å². The van der Waals surface area contributed by atoms with Crippen molar-refractivity contribution in [2.75, 3.05) is 18.0 Å². The third kappa shape index (κ3) is 4.75. The van der Waals surface area contributed by atoms with Crippen molar-refractivity contribution in [2.24, 2.45) is 0 Å². The third-order valence-electron chi connectivity index (χ3n) is 3.67. The Morgan fingerprint density at radius 1 is 1.13 bits per heavy atom. The molecule has 0 N–H and O–H groups in total. The van der Waals surface area contributed by atoms with E-state index in [2.05, 4.69) is 21.0 Å². The van der Waals surface area contributed by atoms with Crippen LogP contribution in [-0.4, -0.2) is 29.4 Å². The summed E-state index contributed by atoms with van der Waals surface area (Å²) in [5.41, 5.74) is 0.418. The van der Waals surface area contributed by atoms with Crippen LogP contribution in [0.5, 0.6) is 5.75 Å². The Balaban J connectivity index is 0.00000192. The summed E-state index contributed by atoms with van der Waals surface area (Å²) in [6.45, 7) is 1.56. The molecule has 1 aromatic heterocycles. The zero-order valence-corrected chi connectivity index (χ0v) is 16.1. The molecule has 0 saturated carbocycles. The molecule has 2 heterocycles. The second-order valence-electron chi connectivity index (χ2n) is 5.14. The Bertz CT molecular complexity index is 679. The van der Waals surface area contributed by atoms with Crippen molar-refractivity contribution in [2.45, 2.75) is 18.9 Å². The zero-order valence-electron chi connectivity index (χ0n) is 13.0. The molecule has 0 bridgehead atoms. The second kappa shape index (κ2) is 8.76. The van der Waals surface area contributed by atoms with Crippen LogP contribution < -0.4 is 61.0 Å². The van der Waals surface area contributed by atoms with Gasteiger partial charge in [0, 0.05) is 25.9 Å². The number of rotatable bonds is 3. The van der Waals surface area contributed by atoms with E-state index in [1.807, 2.05) is 6.07 Å². The van der Waals surface area contributed by atoms with Crippen molar-refractivity contribution in [3.05, 3.63) is 54.3 Å². The first-order valence-electron chi connectivity index (χ1n) is 7.19. The number of piperidine rings is 1. The third-order valence-corrected chi connectivity index (χ3v) is 3.67. The summed E-state index contributed by atoms with van der Waals surface area (Å²) in [4.78, 5) is 2.11. The van der Waals surface area contributed by atoms with Gasteiger partial charge < -0.3 is 16.1 Å². The Kier molecular flexibility index (Phi) is 7.00. The first-order valence-corrected chi connectivity index (χ1v) is 7.19. The number of nitrogens with zero attached hydrogens (tertiary/aromatic N) is 3. The van der Waals surface area contributed by atoms with Gasteiger partial charge in [-0.2, -0.15) is 5.10 Å². The first-order chi connectivity index (χ1) is 10.8. The van der Waals surface area contributed by atoms with Gasteiger partial charge in [0.15, 0.2) is 11.6 Å². The quantitative estimate of drug-likeness (QED) is 0.435. The van der Waals surface area contributed by atoms with Gasteiger partial charge in [-0.25, -0.2) is 9.49 Å². The van der Waals surface area contributed by atoms with Crippen LogP contribution in [0.4, 0.5) is 10.2 Å². The predicted octanol–water partition coefficient (Wildman–Crippen LogP) is -0.395. The van der Waals surface area contributed by atoms with Crippen LogP contribution in [0.15, 0.2) is 36.4 Å². The Morgan fingerprint density at radius 2 is 1.87 bits per heavy atom. The monoisotopic (exact) mass is 335 g/mol. The fraction of sp³-hybridized carbons (Fsp3) is 0.294. The minimum absolute atomic E-state index is 0. The van der Waals surface area contributed by atoms with Crippen LogP contribution >= 0.6 is 0 Å². The van der Waals surface area contributed by atoms with Crippen molar-refractivity contribution >= 4 is 5.82 Å². The molecule has 0 spiro atoms. The zero-order chi connectivity index (χ0) is 15.4. The number of anilines is 1. The molecule has 6 heteroatoms. The van der Waals surface area contributed by atoms with Gasteiger partial charge in [0.2, 0.25) is 0 Å². The molecule has 0 atom stereocenters. The molecule has 0 amide bonds. The molecule has 1 saturated heterocycles. The number of hydrogen-bond donors (Lipinski definition) is 0. The summed E-state index contributed by atoms with van der Waals surface area (Å²) in [6, 6.07) is 10.0. The van der Waals surface area contributed by atoms with E-state index in [0.717, 1.165) is 31.7 Å². The normalized spacial score (nSPS) is 14.7. The predicted molar refractivity (Wildman–Crippen MR) is 80.5 cm³/mol. The van der Waals surface area contributed by atoms with E-state index >= 15 is 0 Å². The Morgan fingerprint density at radius 3 is 2.48 bits per heavy atom. The van der Waals surface area contributed by atoms with Gasteiger partial charge in [-0.05, 0) is 23.9 Å². The summed E-state index contributed by atoms with van der Waals surface area (Å²) in [5, 5.41) is 7.99. The molecule has 112 valence electrons. The summed E-state index contributed by atoms with van der Waals surface area (Å²) in [6.07, 6.45) is 8.61. The van der Waals surface area contributed by atoms with Crippen molar-refractivity contribution in [3.63, 3.8) is 0 Å². The van der Waals surface area contributed by atoms with E-state index in [1.54, 1.807) is 24.3 Å². The molecule has 3 rings (SSSR count). The number of para-hydroxylation sites is 1. The molecule has 23 heavy (non-hydrogen) atoms. The fourth-order valence-corrected chi connectivity index (χ4v) is 2.48. The van der Waals surface area contributed by atoms with E-state index in [4.69, 9.17) is 11.2 Å². The van der Waals surface area contributed by atoms with Crippen LogP contribution in [0.25, 0.3) is 0 Å². The molecule has 1 aliphatic heterocycles. The fourth-order valence-electron chi connectivity index (χ4n) is 2.48. The molecular formula is C17H15FKN3O. The number of halogens is 1. The van der Waals surface area contributed by atoms with Gasteiger partial charge >= 0.3 is 51.4 Å². The van der Waals surface area contributed by atoms with Crippen molar-refractivity contribution < 1.29 is 60.5 Å². The average molecular weight is 335 g/mol. The summed E-state index contributed by atoms with van der Waals surface area (Å²) in [7, 11) is 0. The molecule has 4 nitrogen and oxygen atoms in total. The van der Waals surface area contributed by atoms with E-state index in [1.165, 1.54) is 6.07 Å². The van der Waals surface area contributed by atoms with Crippen molar-refractivity contribution in [3.8, 4) is 11.7 Å². The summed E-state index contributed by atoms with van der Waals surface area (Å²) >= 11 is 0. The largest absolute Gasteiger partial charge is 1.00 e. The minimum Gasteiger partial charge on any atom is -0.487 e. The first kappa shape index (κ1) is 18.4. The maximum Gasteiger partial charge on any atom is 1.00 e. The Labute approximate surface area is 177 Å². The van der Waals surface area contributed by atoms with Crippen molar-refractivity contribution in [1.82, 2.24) is 10.2 Å². The van der Waals surface area contributed by atoms with Gasteiger partial charge in [-0.3, -0.25) is 5.92 Å². The topological polar surface area (TPSA) is 38.2 Å². The Hall–Kier alpha value is -0.974. The van der Waals surface area contributed by atoms with Gasteiger partial charge in [0.05, 0.1) is 0 Å². The van der Waals surface area contributed by atoms with E-state index in [0.29, 0.717) is 11.4 Å². The number of ether oxygens (including phenoxy) is 1. The van der Waals surface area contributed by atoms with Crippen LogP contribution in [0.2, 0.25) is 0 Å². The molecule has 1 fully saturated rings. The number of hydrogen-bond acceptors (Lipinski definition) is 4. The second-order valence-corrected chi connectivity index (χ2v) is 5.14. The standard InChI is InChI=1S/C17H15FN3O.K/c1-2-13-7-8-17(20-19-13)21-11-9-14(10-12-21)22-16-6-4-3-5-15(16)18;/h3-8,14H,9-12H2;/q-1;+1. The maximum atomic E-state index is 13.6. The molecule has 0 radical (unpaired) electrons. The molecular weight excluding hydrogens is 320 g/mol. The van der Waals surface area contributed by atoms with Gasteiger partial charge in [-0.1, -0.05) is 12.1 Å². The van der Waals surface area contributed by atoms with E-state index in [-0.39, 0.29) is 63.3 Å². The minimum atomic E-state index is -0.325. The van der Waals surface area contributed by atoms with Crippen LogP contribution in [-0.2, 0) is 0 Å². The van der Waals surface area contributed by atoms with Crippen LogP contribution in [0.1, 0.15) is 18.5 Å². The van der Waals surface area contributed by atoms with Crippen LogP contribution in [0, 0.1) is 18.2 Å².